The van der Waals surface area contributed by atoms with Gasteiger partial charge < -0.3 is 4.90 Å². The molecule has 0 aliphatic carbocycles. The smallest absolute Gasteiger partial charge is 0.0536 e. The molecule has 1 heteroatoms. The zero-order chi connectivity index (χ0) is 11.9. The Morgan fingerprint density at radius 3 is 2.71 bits per heavy atom. The maximum atomic E-state index is 2.52. The van der Waals surface area contributed by atoms with Crippen molar-refractivity contribution < 1.29 is 0 Å². The van der Waals surface area contributed by atoms with Crippen LogP contribution in [0.3, 0.4) is 0 Å². The highest BCUT2D eigenvalue weighted by Gasteiger charge is 2.17. The molecule has 92 valence electrons. The minimum Gasteiger partial charge on any atom is -0.371 e. The topological polar surface area (TPSA) is 3.24 Å². The Kier molecular flexibility index (Phi) is 4.66. The van der Waals surface area contributed by atoms with Crippen LogP contribution in [0, 0.1) is 0 Å². The Morgan fingerprint density at radius 2 is 2.06 bits per heavy atom. The van der Waals surface area contributed by atoms with Crippen LogP contribution in [0.25, 0.3) is 0 Å². The second kappa shape index (κ2) is 6.48. The minimum atomic E-state index is 0.577. The van der Waals surface area contributed by atoms with Crippen molar-refractivity contribution in [2.24, 2.45) is 0 Å². The molecule has 1 unspecified atom stereocenters. The van der Waals surface area contributed by atoms with E-state index in [-0.39, 0.29) is 0 Å². The van der Waals surface area contributed by atoms with Gasteiger partial charge in [0.2, 0.25) is 0 Å². The van der Waals surface area contributed by atoms with Crippen molar-refractivity contribution in [2.75, 3.05) is 6.54 Å². The van der Waals surface area contributed by atoms with E-state index in [0.717, 1.165) is 0 Å². The van der Waals surface area contributed by atoms with Crippen LogP contribution in [-0.2, 0) is 0 Å². The summed E-state index contributed by atoms with van der Waals surface area (Å²) >= 11 is 0. The van der Waals surface area contributed by atoms with E-state index in [4.69, 9.17) is 0 Å². The summed E-state index contributed by atoms with van der Waals surface area (Å²) in [5, 5.41) is 0. The molecule has 0 bridgehead atoms. The molecule has 0 N–H and O–H groups in total. The van der Waals surface area contributed by atoms with Gasteiger partial charge in [-0.1, -0.05) is 56.2 Å². The van der Waals surface area contributed by atoms with Crippen molar-refractivity contribution in [2.45, 2.75) is 45.1 Å². The average molecular weight is 229 g/mol. The van der Waals surface area contributed by atoms with Crippen LogP contribution < -0.4 is 0 Å². The van der Waals surface area contributed by atoms with E-state index < -0.39 is 0 Å². The third-order valence-electron chi connectivity index (χ3n) is 3.50. The predicted octanol–water partition coefficient (Wildman–Crippen LogP) is 4.53. The summed E-state index contributed by atoms with van der Waals surface area (Å²) in [4.78, 5) is 2.52. The molecule has 0 radical (unpaired) electrons. The molecule has 0 fully saturated rings. The molecule has 17 heavy (non-hydrogen) atoms. The monoisotopic (exact) mass is 229 g/mol. The molecule has 0 spiro atoms. The van der Waals surface area contributed by atoms with Crippen LogP contribution in [0.2, 0.25) is 0 Å². The van der Waals surface area contributed by atoms with Crippen LogP contribution in [0.5, 0.6) is 0 Å². The van der Waals surface area contributed by atoms with Gasteiger partial charge in [0, 0.05) is 6.54 Å². The Balaban J connectivity index is 2.12. The van der Waals surface area contributed by atoms with Crippen LogP contribution in [0.1, 0.15) is 50.6 Å². The molecule has 1 aliphatic heterocycles. The summed E-state index contributed by atoms with van der Waals surface area (Å²) in [6, 6.07) is 11.5. The summed E-state index contributed by atoms with van der Waals surface area (Å²) in [6.45, 7) is 3.48. The van der Waals surface area contributed by atoms with E-state index in [2.05, 4.69) is 54.4 Å². The van der Waals surface area contributed by atoms with Gasteiger partial charge >= 0.3 is 0 Å². The fourth-order valence-electron chi connectivity index (χ4n) is 2.53. The maximum Gasteiger partial charge on any atom is 0.0536 e. The SMILES string of the molecule is CCCCC(c1ccccc1)N1C=CCCC1. The molecule has 1 nitrogen and oxygen atoms in total. The zero-order valence-corrected chi connectivity index (χ0v) is 10.8. The lowest BCUT2D eigenvalue weighted by atomic mass is 9.98. The maximum absolute atomic E-state index is 2.52. The number of hydrogen-bond donors (Lipinski definition) is 0. The van der Waals surface area contributed by atoms with Gasteiger partial charge in [-0.2, -0.15) is 0 Å². The highest BCUT2D eigenvalue weighted by atomic mass is 15.1. The van der Waals surface area contributed by atoms with Gasteiger partial charge in [0.1, 0.15) is 0 Å². The number of benzene rings is 1. The van der Waals surface area contributed by atoms with Crippen molar-refractivity contribution >= 4 is 0 Å². The molecule has 2 rings (SSSR count). The highest BCUT2D eigenvalue weighted by Crippen LogP contribution is 2.28. The molecule has 1 aromatic rings. The van der Waals surface area contributed by atoms with Crippen molar-refractivity contribution in [1.29, 1.82) is 0 Å². The summed E-state index contributed by atoms with van der Waals surface area (Å²) in [5.74, 6) is 0. The Bertz CT molecular complexity index is 342. The van der Waals surface area contributed by atoms with Gasteiger partial charge in [-0.05, 0) is 31.0 Å². The lowest BCUT2D eigenvalue weighted by molar-refractivity contribution is 0.249. The lowest BCUT2D eigenvalue weighted by Crippen LogP contribution is -2.26. The van der Waals surface area contributed by atoms with Crippen LogP contribution in [0.15, 0.2) is 42.6 Å². The van der Waals surface area contributed by atoms with Crippen molar-refractivity contribution in [3.63, 3.8) is 0 Å². The Morgan fingerprint density at radius 1 is 1.24 bits per heavy atom. The first-order valence-electron chi connectivity index (χ1n) is 6.89. The molecule has 1 aromatic carbocycles. The molecule has 1 aliphatic rings. The summed E-state index contributed by atoms with van der Waals surface area (Å²) in [5.41, 5.74) is 1.47. The van der Waals surface area contributed by atoms with E-state index in [1.54, 1.807) is 0 Å². The van der Waals surface area contributed by atoms with Crippen LogP contribution >= 0.6 is 0 Å². The number of nitrogens with zero attached hydrogens (tertiary/aromatic N) is 1. The number of allylic oxidation sites excluding steroid dienone is 1. The molecular formula is C16H23N. The van der Waals surface area contributed by atoms with Gasteiger partial charge in [0.15, 0.2) is 0 Å². The normalized spacial score (nSPS) is 17.1. The third-order valence-corrected chi connectivity index (χ3v) is 3.50. The van der Waals surface area contributed by atoms with Crippen molar-refractivity contribution in [3.05, 3.63) is 48.2 Å². The molecule has 0 amide bonds. The Labute approximate surface area is 105 Å². The highest BCUT2D eigenvalue weighted by molar-refractivity contribution is 5.20. The fourth-order valence-corrected chi connectivity index (χ4v) is 2.53. The molecule has 0 aromatic heterocycles. The van der Waals surface area contributed by atoms with Gasteiger partial charge in [0.05, 0.1) is 6.04 Å². The summed E-state index contributed by atoms with van der Waals surface area (Å²) in [6.07, 6.45) is 11.0. The number of rotatable bonds is 5. The molecule has 0 saturated carbocycles. The standard InChI is InChI=1S/C16H23N/c1-2-3-12-16(15-10-6-4-7-11-15)17-13-8-5-9-14-17/h4,6-8,10-11,13,16H,2-3,5,9,12,14H2,1H3. The first kappa shape index (κ1) is 12.2. The van der Waals surface area contributed by atoms with E-state index in [0.29, 0.717) is 6.04 Å². The van der Waals surface area contributed by atoms with Crippen LogP contribution in [-0.4, -0.2) is 11.4 Å². The van der Waals surface area contributed by atoms with E-state index in [1.807, 2.05) is 0 Å². The van der Waals surface area contributed by atoms with E-state index in [9.17, 15) is 0 Å². The number of hydrogen-bond acceptors (Lipinski definition) is 1. The molecular weight excluding hydrogens is 206 g/mol. The van der Waals surface area contributed by atoms with Gasteiger partial charge in [-0.25, -0.2) is 0 Å². The van der Waals surface area contributed by atoms with Crippen LogP contribution in [0.4, 0.5) is 0 Å². The van der Waals surface area contributed by atoms with Crippen molar-refractivity contribution in [3.8, 4) is 0 Å². The first-order valence-corrected chi connectivity index (χ1v) is 6.89. The minimum absolute atomic E-state index is 0.577. The van der Waals surface area contributed by atoms with E-state index >= 15 is 0 Å². The Hall–Kier alpha value is -1.24. The predicted molar refractivity (Wildman–Crippen MR) is 73.8 cm³/mol. The quantitative estimate of drug-likeness (QED) is 0.717. The van der Waals surface area contributed by atoms with E-state index in [1.165, 1.54) is 44.2 Å². The molecule has 1 heterocycles. The zero-order valence-electron chi connectivity index (χ0n) is 10.8. The first-order chi connectivity index (χ1) is 8.42. The average Bonchev–Trinajstić information content (AvgIpc) is 2.42. The third kappa shape index (κ3) is 3.36. The largest absolute Gasteiger partial charge is 0.371 e. The van der Waals surface area contributed by atoms with Crippen molar-refractivity contribution in [1.82, 2.24) is 4.90 Å². The lowest BCUT2D eigenvalue weighted by Gasteiger charge is -2.33. The summed E-state index contributed by atoms with van der Waals surface area (Å²) < 4.78 is 0. The van der Waals surface area contributed by atoms with Gasteiger partial charge in [0.25, 0.3) is 0 Å². The fraction of sp³-hybridized carbons (Fsp3) is 0.500. The summed E-state index contributed by atoms with van der Waals surface area (Å²) in [7, 11) is 0. The molecule has 1 atom stereocenters. The second-order valence-corrected chi connectivity index (χ2v) is 4.83. The van der Waals surface area contributed by atoms with Gasteiger partial charge in [-0.15, -0.1) is 0 Å². The second-order valence-electron chi connectivity index (χ2n) is 4.83. The molecule has 0 saturated heterocycles. The van der Waals surface area contributed by atoms with Gasteiger partial charge in [-0.3, -0.25) is 0 Å². The number of unbranched alkanes of at least 4 members (excludes halogenated alkanes) is 1.